The van der Waals surface area contributed by atoms with Gasteiger partial charge in [-0.25, -0.2) is 0 Å². The minimum atomic E-state index is -0.225. The van der Waals surface area contributed by atoms with Gasteiger partial charge in [-0.15, -0.1) is 16.4 Å². The van der Waals surface area contributed by atoms with Crippen LogP contribution in [-0.2, 0) is 16.1 Å². The molecule has 1 unspecified atom stereocenters. The number of aromatic nitrogens is 2. The van der Waals surface area contributed by atoms with Gasteiger partial charge >= 0.3 is 5.97 Å². The number of carbonyl (C=O) groups excluding carboxylic acids is 1. The lowest BCUT2D eigenvalue weighted by atomic mass is 10.1. The van der Waals surface area contributed by atoms with E-state index in [1.54, 1.807) is 11.3 Å². The molecule has 0 aliphatic heterocycles. The van der Waals surface area contributed by atoms with Crippen molar-refractivity contribution in [2.24, 2.45) is 0 Å². The molecule has 5 nitrogen and oxygen atoms in total. The number of esters is 1. The van der Waals surface area contributed by atoms with Crippen LogP contribution in [0.25, 0.3) is 0 Å². The van der Waals surface area contributed by atoms with Gasteiger partial charge in [0.15, 0.2) is 0 Å². The Bertz CT molecular complexity index is 470. The topological polar surface area (TPSA) is 64.1 Å². The molecule has 0 amide bonds. The van der Waals surface area contributed by atoms with Crippen molar-refractivity contribution in [2.45, 2.75) is 19.0 Å². The molecule has 0 aromatic carbocycles. The second kappa shape index (κ2) is 6.58. The Labute approximate surface area is 113 Å². The van der Waals surface area contributed by atoms with Crippen molar-refractivity contribution in [1.29, 1.82) is 0 Å². The minimum Gasteiger partial charge on any atom is -0.469 e. The molecule has 96 valence electrons. The lowest BCUT2D eigenvalue weighted by Gasteiger charge is -2.15. The van der Waals surface area contributed by atoms with Crippen LogP contribution in [0.15, 0.2) is 22.9 Å². The number of ether oxygens (including phenoxy) is 1. The highest BCUT2D eigenvalue weighted by atomic mass is 32.1. The maximum absolute atomic E-state index is 11.4. The van der Waals surface area contributed by atoms with E-state index in [2.05, 4.69) is 14.9 Å². The van der Waals surface area contributed by atoms with E-state index in [1.807, 2.05) is 22.9 Å². The summed E-state index contributed by atoms with van der Waals surface area (Å²) in [6.07, 6.45) is 0.314. The summed E-state index contributed by atoms with van der Waals surface area (Å²) in [5.41, 5.74) is 0.881. The third-order valence-corrected chi connectivity index (χ3v) is 3.96. The number of hydrogen-bond donors (Lipinski definition) is 1. The van der Waals surface area contributed by atoms with Crippen molar-refractivity contribution >= 4 is 28.8 Å². The van der Waals surface area contributed by atoms with Crippen molar-refractivity contribution in [3.05, 3.63) is 33.5 Å². The normalized spacial score (nSPS) is 12.3. The van der Waals surface area contributed by atoms with E-state index in [9.17, 15) is 4.79 Å². The van der Waals surface area contributed by atoms with Crippen molar-refractivity contribution in [2.75, 3.05) is 7.11 Å². The number of hydrogen-bond acceptors (Lipinski definition) is 7. The standard InChI is InChI=1S/C11H13N3O2S2/c1-16-11(15)5-9(10-3-2-4-17-10)12-6-8-7-18-14-13-8/h2-4,7,9,12H,5-6H2,1H3. The first-order valence-electron chi connectivity index (χ1n) is 5.39. The molecular formula is C11H13N3O2S2. The zero-order valence-corrected chi connectivity index (χ0v) is 11.5. The molecule has 0 saturated carbocycles. The summed E-state index contributed by atoms with van der Waals surface area (Å²) in [6.45, 7) is 0.593. The van der Waals surface area contributed by atoms with Crippen molar-refractivity contribution in [3.63, 3.8) is 0 Å². The summed E-state index contributed by atoms with van der Waals surface area (Å²) >= 11 is 2.93. The molecule has 1 atom stereocenters. The fourth-order valence-corrected chi connectivity index (χ4v) is 2.76. The molecule has 2 aromatic heterocycles. The average molecular weight is 283 g/mol. The lowest BCUT2D eigenvalue weighted by molar-refractivity contribution is -0.141. The summed E-state index contributed by atoms with van der Waals surface area (Å²) in [7, 11) is 1.40. The maximum Gasteiger partial charge on any atom is 0.307 e. The van der Waals surface area contributed by atoms with Crippen LogP contribution < -0.4 is 5.32 Å². The van der Waals surface area contributed by atoms with Gasteiger partial charge in [-0.05, 0) is 23.0 Å². The Morgan fingerprint density at radius 1 is 1.61 bits per heavy atom. The van der Waals surface area contributed by atoms with Gasteiger partial charge in [0, 0.05) is 16.8 Å². The lowest BCUT2D eigenvalue weighted by Crippen LogP contribution is -2.23. The molecule has 0 aliphatic rings. The number of nitrogens with zero attached hydrogens (tertiary/aromatic N) is 2. The zero-order valence-electron chi connectivity index (χ0n) is 9.83. The Balaban J connectivity index is 1.98. The van der Waals surface area contributed by atoms with Gasteiger partial charge in [0.1, 0.15) is 0 Å². The minimum absolute atomic E-state index is 0.0425. The van der Waals surface area contributed by atoms with E-state index < -0.39 is 0 Å². The largest absolute Gasteiger partial charge is 0.469 e. The molecule has 2 heterocycles. The molecule has 0 bridgehead atoms. The molecule has 2 aromatic rings. The third kappa shape index (κ3) is 3.59. The monoisotopic (exact) mass is 283 g/mol. The first-order chi connectivity index (χ1) is 8.79. The molecule has 18 heavy (non-hydrogen) atoms. The molecule has 0 fully saturated rings. The number of rotatable bonds is 6. The van der Waals surface area contributed by atoms with E-state index >= 15 is 0 Å². The van der Waals surface area contributed by atoms with Crippen LogP contribution in [0.2, 0.25) is 0 Å². The highest BCUT2D eigenvalue weighted by Gasteiger charge is 2.17. The number of thiophene rings is 1. The van der Waals surface area contributed by atoms with Gasteiger partial charge in [0.05, 0.1) is 25.3 Å². The van der Waals surface area contributed by atoms with Crippen LogP contribution in [0.4, 0.5) is 0 Å². The molecule has 0 saturated heterocycles. The fourth-order valence-electron chi connectivity index (χ4n) is 1.50. The van der Waals surface area contributed by atoms with Crippen LogP contribution in [0.3, 0.4) is 0 Å². The molecular weight excluding hydrogens is 270 g/mol. The first-order valence-corrected chi connectivity index (χ1v) is 7.10. The number of nitrogens with one attached hydrogen (secondary N) is 1. The quantitative estimate of drug-likeness (QED) is 0.821. The van der Waals surface area contributed by atoms with Gasteiger partial charge in [-0.3, -0.25) is 4.79 Å². The molecule has 1 N–H and O–H groups in total. The second-order valence-electron chi connectivity index (χ2n) is 3.63. The van der Waals surface area contributed by atoms with Crippen molar-refractivity contribution in [1.82, 2.24) is 14.9 Å². The number of methoxy groups -OCH3 is 1. The highest BCUT2D eigenvalue weighted by molar-refractivity contribution is 7.10. The Morgan fingerprint density at radius 2 is 2.50 bits per heavy atom. The zero-order chi connectivity index (χ0) is 12.8. The predicted octanol–water partition coefficient (Wildman–Crippen LogP) is 1.99. The van der Waals surface area contributed by atoms with E-state index in [-0.39, 0.29) is 12.0 Å². The van der Waals surface area contributed by atoms with E-state index in [4.69, 9.17) is 4.74 Å². The van der Waals surface area contributed by atoms with E-state index in [0.29, 0.717) is 13.0 Å². The van der Waals surface area contributed by atoms with Crippen LogP contribution in [-0.4, -0.2) is 22.7 Å². The van der Waals surface area contributed by atoms with Gasteiger partial charge in [-0.1, -0.05) is 10.6 Å². The van der Waals surface area contributed by atoms with Crippen molar-refractivity contribution < 1.29 is 9.53 Å². The highest BCUT2D eigenvalue weighted by Crippen LogP contribution is 2.22. The SMILES string of the molecule is COC(=O)CC(NCc1csnn1)c1cccs1. The van der Waals surface area contributed by atoms with Gasteiger partial charge in [-0.2, -0.15) is 0 Å². The maximum atomic E-state index is 11.4. The first kappa shape index (κ1) is 13.1. The second-order valence-corrected chi connectivity index (χ2v) is 5.21. The molecule has 7 heteroatoms. The molecule has 2 rings (SSSR count). The van der Waals surface area contributed by atoms with Crippen molar-refractivity contribution in [3.8, 4) is 0 Å². The fraction of sp³-hybridized carbons (Fsp3) is 0.364. The van der Waals surface area contributed by atoms with Gasteiger partial charge in [0.2, 0.25) is 0 Å². The summed E-state index contributed by atoms with van der Waals surface area (Å²) in [4.78, 5) is 12.5. The molecule has 0 aliphatic carbocycles. The average Bonchev–Trinajstić information content (AvgIpc) is 3.06. The predicted molar refractivity (Wildman–Crippen MR) is 70.4 cm³/mol. The van der Waals surface area contributed by atoms with Gasteiger partial charge in [0.25, 0.3) is 0 Å². The summed E-state index contributed by atoms with van der Waals surface area (Å²) in [5.74, 6) is -0.225. The van der Waals surface area contributed by atoms with E-state index in [1.165, 1.54) is 18.6 Å². The Morgan fingerprint density at radius 3 is 3.11 bits per heavy atom. The Hall–Kier alpha value is -1.31. The number of carbonyl (C=O) groups is 1. The summed E-state index contributed by atoms with van der Waals surface area (Å²) < 4.78 is 8.52. The third-order valence-electron chi connectivity index (χ3n) is 2.42. The van der Waals surface area contributed by atoms with Gasteiger partial charge < -0.3 is 10.1 Å². The summed E-state index contributed by atoms with van der Waals surface area (Å²) in [6, 6.07) is 3.93. The summed E-state index contributed by atoms with van der Waals surface area (Å²) in [5, 5.41) is 11.1. The molecule has 0 radical (unpaired) electrons. The van der Waals surface area contributed by atoms with Crippen LogP contribution in [0.1, 0.15) is 23.0 Å². The Kier molecular flexibility index (Phi) is 4.80. The van der Waals surface area contributed by atoms with Crippen LogP contribution >= 0.6 is 22.9 Å². The van der Waals surface area contributed by atoms with E-state index in [0.717, 1.165) is 10.6 Å². The van der Waals surface area contributed by atoms with Crippen LogP contribution in [0, 0.1) is 0 Å². The van der Waals surface area contributed by atoms with Crippen LogP contribution in [0.5, 0.6) is 0 Å². The molecule has 0 spiro atoms. The smallest absolute Gasteiger partial charge is 0.307 e.